The molecule has 1 N–H and O–H groups in total. The summed E-state index contributed by atoms with van der Waals surface area (Å²) in [7, 11) is 0. The number of hydrogen-bond donors (Lipinski definition) is 1. The quantitative estimate of drug-likeness (QED) is 0.110. The molecule has 0 atom stereocenters. The molecule has 3 nitrogen and oxygen atoms in total. The van der Waals surface area contributed by atoms with Gasteiger partial charge >= 0.3 is 0 Å². The summed E-state index contributed by atoms with van der Waals surface area (Å²) in [6, 6.07) is 23.5. The van der Waals surface area contributed by atoms with Gasteiger partial charge in [0.25, 0.3) is 0 Å². The summed E-state index contributed by atoms with van der Waals surface area (Å²) in [5.41, 5.74) is 10.5. The number of hydrogen-bond acceptors (Lipinski definition) is 3. The molecule has 0 aliphatic heterocycles. The Hall–Kier alpha value is -3.07. The van der Waals surface area contributed by atoms with Crippen molar-refractivity contribution in [3.05, 3.63) is 101 Å². The number of aliphatic hydroxyl groups is 1. The predicted octanol–water partition coefficient (Wildman–Crippen LogP) is 10.2. The van der Waals surface area contributed by atoms with Gasteiger partial charge in [0.2, 0.25) is 0 Å². The van der Waals surface area contributed by atoms with Gasteiger partial charge in [0.1, 0.15) is 5.76 Å². The van der Waals surface area contributed by atoms with Crippen LogP contribution in [0.3, 0.4) is 0 Å². The van der Waals surface area contributed by atoms with Crippen LogP contribution in [0, 0.1) is 16.9 Å². The van der Waals surface area contributed by atoms with Gasteiger partial charge in [-0.25, -0.2) is 0 Å². The Morgan fingerprint density at radius 1 is 0.818 bits per heavy atom. The minimum absolute atomic E-state index is 0. The fourth-order valence-electron chi connectivity index (χ4n) is 6.46. The molecule has 3 aromatic carbocycles. The summed E-state index contributed by atoms with van der Waals surface area (Å²) < 4.78 is 0. The molecular weight excluding hydrogens is 719 g/mol. The first-order valence-corrected chi connectivity index (χ1v) is 16.2. The molecule has 0 unspecified atom stereocenters. The molecule has 0 spiro atoms. The minimum Gasteiger partial charge on any atom is -0.512 e. The standard InChI is InChI=1S/C25H18N.C15H28O2.Ir/c1-2-7-22-16(4-1)12-13-26-25(22)21-14-19-10-8-17-5-3-6-18-9-11-20(15-21)24(19)23(17)18;1-7-14(5,8-2)12(16)11-13(17)15(6,9-3)10-4;/h1-7,12-14H,8-11H2;11,16H,7-10H2,1-6H3;/q-1;;/b;12-11-;. The van der Waals surface area contributed by atoms with Crippen molar-refractivity contribution >= 4 is 16.6 Å². The molecule has 233 valence electrons. The van der Waals surface area contributed by atoms with Gasteiger partial charge in [-0.15, -0.1) is 28.8 Å². The SMILES string of the molecule is CCC(C)(CC)C(=O)/C=C(\O)C(C)(CC)CC.[Ir].[c-]1c(-c2nccc3ccccc23)cc2c3c1CCc1cccc(c1-3)CC2. The average Bonchev–Trinajstić information content (AvgIpc) is 3.06. The molecule has 6 rings (SSSR count). The number of nitrogens with zero attached hydrogens (tertiary/aromatic N) is 1. The Balaban J connectivity index is 0.000000218. The molecular formula is C40H46IrNO2-. The van der Waals surface area contributed by atoms with Gasteiger partial charge in [-0.3, -0.25) is 4.79 Å². The Morgan fingerprint density at radius 3 is 2.09 bits per heavy atom. The molecule has 1 aromatic heterocycles. The summed E-state index contributed by atoms with van der Waals surface area (Å²) in [6.45, 7) is 12.1. The van der Waals surface area contributed by atoms with E-state index in [-0.39, 0.29) is 42.5 Å². The van der Waals surface area contributed by atoms with Gasteiger partial charge in [0.05, 0.1) is 0 Å². The zero-order chi connectivity index (χ0) is 30.8. The summed E-state index contributed by atoms with van der Waals surface area (Å²) in [4.78, 5) is 16.9. The van der Waals surface area contributed by atoms with Crippen molar-refractivity contribution in [2.75, 3.05) is 0 Å². The van der Waals surface area contributed by atoms with Crippen molar-refractivity contribution in [1.29, 1.82) is 0 Å². The van der Waals surface area contributed by atoms with E-state index in [1.165, 1.54) is 50.2 Å². The van der Waals surface area contributed by atoms with Crippen molar-refractivity contribution in [3.8, 4) is 22.4 Å². The number of aromatic nitrogens is 1. The Kier molecular flexibility index (Phi) is 10.7. The van der Waals surface area contributed by atoms with Gasteiger partial charge < -0.3 is 10.1 Å². The Morgan fingerprint density at radius 2 is 1.43 bits per heavy atom. The molecule has 0 amide bonds. The molecule has 1 radical (unpaired) electrons. The van der Waals surface area contributed by atoms with Crippen LogP contribution in [0.5, 0.6) is 0 Å². The monoisotopic (exact) mass is 765 g/mol. The molecule has 0 saturated carbocycles. The van der Waals surface area contributed by atoms with E-state index < -0.39 is 0 Å². The summed E-state index contributed by atoms with van der Waals surface area (Å²) in [5.74, 6) is 0.286. The molecule has 4 heteroatoms. The minimum atomic E-state index is -0.337. The van der Waals surface area contributed by atoms with Crippen LogP contribution in [0.2, 0.25) is 0 Å². The number of benzene rings is 3. The predicted molar refractivity (Wildman–Crippen MR) is 179 cm³/mol. The van der Waals surface area contributed by atoms with Gasteiger partial charge in [0.15, 0.2) is 5.78 Å². The maximum atomic E-state index is 12.2. The molecule has 2 aliphatic rings. The van der Waals surface area contributed by atoms with E-state index in [9.17, 15) is 9.90 Å². The first kappa shape index (κ1) is 33.8. The number of ketones is 1. The largest absolute Gasteiger partial charge is 0.512 e. The Bertz CT molecular complexity index is 1620. The van der Waals surface area contributed by atoms with Crippen LogP contribution in [-0.4, -0.2) is 15.9 Å². The normalized spacial score (nSPS) is 13.8. The van der Waals surface area contributed by atoms with Crippen LogP contribution in [-0.2, 0) is 50.6 Å². The number of carbonyl (C=O) groups excluding carboxylic acids is 1. The third-order valence-corrected chi connectivity index (χ3v) is 10.6. The third kappa shape index (κ3) is 6.35. The number of aliphatic hydroxyl groups excluding tert-OH is 1. The molecule has 0 fully saturated rings. The number of pyridine rings is 1. The van der Waals surface area contributed by atoms with E-state index in [4.69, 9.17) is 4.98 Å². The van der Waals surface area contributed by atoms with Crippen molar-refractivity contribution in [2.45, 2.75) is 92.9 Å². The van der Waals surface area contributed by atoms with Crippen molar-refractivity contribution in [3.63, 3.8) is 0 Å². The third-order valence-electron chi connectivity index (χ3n) is 10.6. The maximum absolute atomic E-state index is 12.2. The van der Waals surface area contributed by atoms with E-state index in [2.05, 4.69) is 60.7 Å². The van der Waals surface area contributed by atoms with Crippen molar-refractivity contribution in [2.24, 2.45) is 10.8 Å². The summed E-state index contributed by atoms with van der Waals surface area (Å²) in [5, 5.41) is 12.6. The second kappa shape index (κ2) is 13.9. The van der Waals surface area contributed by atoms with Crippen molar-refractivity contribution in [1.82, 2.24) is 4.98 Å². The molecule has 4 aromatic rings. The smallest absolute Gasteiger partial charge is 0.164 e. The second-order valence-electron chi connectivity index (χ2n) is 12.8. The molecule has 1 heterocycles. The second-order valence-corrected chi connectivity index (χ2v) is 12.8. The number of fused-ring (bicyclic) bond motifs is 1. The fraction of sp³-hybridized carbons (Fsp3) is 0.400. The van der Waals surface area contributed by atoms with E-state index in [1.54, 1.807) is 0 Å². The van der Waals surface area contributed by atoms with Gasteiger partial charge in [-0.2, -0.15) is 0 Å². The van der Waals surface area contributed by atoms with Crippen LogP contribution in [0.25, 0.3) is 33.2 Å². The van der Waals surface area contributed by atoms with Crippen LogP contribution in [0.1, 0.15) is 89.5 Å². The van der Waals surface area contributed by atoms with E-state index in [0.717, 1.165) is 62.6 Å². The van der Waals surface area contributed by atoms with Crippen LogP contribution < -0.4 is 0 Å². The van der Waals surface area contributed by atoms with E-state index in [0.29, 0.717) is 0 Å². The molecule has 0 bridgehead atoms. The number of allylic oxidation sites excluding steroid dienone is 2. The first-order chi connectivity index (χ1) is 20.7. The Labute approximate surface area is 277 Å². The van der Waals surface area contributed by atoms with Gasteiger partial charge in [-0.05, 0) is 85.0 Å². The first-order valence-electron chi connectivity index (χ1n) is 16.2. The number of aryl methyl sites for hydroxylation is 4. The zero-order valence-electron chi connectivity index (χ0n) is 27.1. The average molecular weight is 765 g/mol. The molecule has 44 heavy (non-hydrogen) atoms. The number of rotatable bonds is 8. The van der Waals surface area contributed by atoms with Crippen LogP contribution in [0.4, 0.5) is 0 Å². The van der Waals surface area contributed by atoms with Crippen molar-refractivity contribution < 1.29 is 30.0 Å². The van der Waals surface area contributed by atoms with E-state index in [1.807, 2.05) is 47.7 Å². The van der Waals surface area contributed by atoms with Crippen LogP contribution in [0.15, 0.2) is 72.6 Å². The number of carbonyl (C=O) groups is 1. The van der Waals surface area contributed by atoms with Gasteiger partial charge in [-0.1, -0.05) is 95.1 Å². The fourth-order valence-corrected chi connectivity index (χ4v) is 6.46. The van der Waals surface area contributed by atoms with E-state index >= 15 is 0 Å². The molecule has 0 saturated heterocycles. The summed E-state index contributed by atoms with van der Waals surface area (Å²) >= 11 is 0. The van der Waals surface area contributed by atoms with Gasteiger partial charge in [0, 0.05) is 43.2 Å². The summed E-state index contributed by atoms with van der Waals surface area (Å²) in [6.07, 6.45) is 11.1. The van der Waals surface area contributed by atoms with Crippen LogP contribution >= 0.6 is 0 Å². The zero-order valence-corrected chi connectivity index (χ0v) is 29.5. The molecule has 2 aliphatic carbocycles. The topological polar surface area (TPSA) is 50.2 Å². The maximum Gasteiger partial charge on any atom is 0.164 e.